The Morgan fingerprint density at radius 1 is 1.47 bits per heavy atom. The van der Waals surface area contributed by atoms with Gasteiger partial charge in [-0.1, -0.05) is 23.8 Å². The maximum absolute atomic E-state index is 12.3. The molecule has 19 heavy (non-hydrogen) atoms. The molecule has 1 aliphatic rings. The van der Waals surface area contributed by atoms with Crippen molar-refractivity contribution in [1.29, 1.82) is 0 Å². The maximum atomic E-state index is 12.3. The summed E-state index contributed by atoms with van der Waals surface area (Å²) in [5.74, 6) is 0.597. The van der Waals surface area contributed by atoms with Crippen molar-refractivity contribution in [1.82, 2.24) is 4.90 Å². The van der Waals surface area contributed by atoms with Crippen molar-refractivity contribution in [2.24, 2.45) is 0 Å². The number of rotatable bonds is 3. The molecule has 1 amide bonds. The van der Waals surface area contributed by atoms with Crippen LogP contribution in [0.25, 0.3) is 0 Å². The molecule has 1 saturated heterocycles. The number of hydrogen-bond donors (Lipinski definition) is 0. The summed E-state index contributed by atoms with van der Waals surface area (Å²) in [5, 5.41) is 0. The Morgan fingerprint density at radius 2 is 2.26 bits per heavy atom. The van der Waals surface area contributed by atoms with Crippen molar-refractivity contribution in [2.45, 2.75) is 26.4 Å². The summed E-state index contributed by atoms with van der Waals surface area (Å²) in [7, 11) is 0. The van der Waals surface area contributed by atoms with E-state index in [2.05, 4.69) is 18.2 Å². The summed E-state index contributed by atoms with van der Waals surface area (Å²) in [6.07, 6.45) is 0.431. The Hall–Kier alpha value is -1.06. The van der Waals surface area contributed by atoms with Gasteiger partial charge in [-0.25, -0.2) is 0 Å². The number of hydrogen-bond acceptors (Lipinski definition) is 2. The molecule has 1 atom stereocenters. The molecule has 0 radical (unpaired) electrons. The normalized spacial score (nSPS) is 19.5. The number of benzene rings is 1. The highest BCUT2D eigenvalue weighted by atomic mass is 35.5. The minimum atomic E-state index is -0.0297. The van der Waals surface area contributed by atoms with E-state index in [4.69, 9.17) is 16.3 Å². The lowest BCUT2D eigenvalue weighted by Gasteiger charge is -2.32. The number of alkyl halides is 1. The van der Waals surface area contributed by atoms with Crippen LogP contribution in [0, 0.1) is 13.8 Å². The predicted molar refractivity (Wildman–Crippen MR) is 76.7 cm³/mol. The molecule has 1 aliphatic heterocycles. The SMILES string of the molecule is Cc1ccc(C)c(CC(=O)N2CCOC(CCl)C2)c1. The lowest BCUT2D eigenvalue weighted by atomic mass is 10.0. The molecule has 2 rings (SSSR count). The van der Waals surface area contributed by atoms with Crippen LogP contribution in [-0.4, -0.2) is 42.5 Å². The van der Waals surface area contributed by atoms with Crippen molar-refractivity contribution in [3.05, 3.63) is 34.9 Å². The van der Waals surface area contributed by atoms with Crippen LogP contribution in [0.2, 0.25) is 0 Å². The van der Waals surface area contributed by atoms with Gasteiger partial charge < -0.3 is 9.64 Å². The standard InChI is InChI=1S/C15H20ClNO2/c1-11-3-4-12(2)13(7-11)8-15(18)17-5-6-19-14(9-16)10-17/h3-4,7,14H,5-6,8-10H2,1-2H3. The second kappa shape index (κ2) is 6.40. The van der Waals surface area contributed by atoms with Crippen LogP contribution >= 0.6 is 11.6 Å². The number of aryl methyl sites for hydroxylation is 2. The molecule has 1 fully saturated rings. The van der Waals surface area contributed by atoms with E-state index in [1.165, 1.54) is 11.1 Å². The molecule has 104 valence electrons. The highest BCUT2D eigenvalue weighted by Gasteiger charge is 2.23. The molecule has 4 heteroatoms. The highest BCUT2D eigenvalue weighted by molar-refractivity contribution is 6.18. The molecule has 1 unspecified atom stereocenters. The largest absolute Gasteiger partial charge is 0.373 e. The summed E-state index contributed by atoms with van der Waals surface area (Å²) >= 11 is 5.79. The average Bonchev–Trinajstić information content (AvgIpc) is 2.43. The molecule has 0 spiro atoms. The van der Waals surface area contributed by atoms with E-state index in [1.807, 2.05) is 18.7 Å². The molecule has 3 nitrogen and oxygen atoms in total. The van der Waals surface area contributed by atoms with E-state index < -0.39 is 0 Å². The topological polar surface area (TPSA) is 29.5 Å². The van der Waals surface area contributed by atoms with Crippen molar-refractivity contribution in [3.8, 4) is 0 Å². The Bertz CT molecular complexity index is 461. The van der Waals surface area contributed by atoms with E-state index >= 15 is 0 Å². The first kappa shape index (κ1) is 14.4. The van der Waals surface area contributed by atoms with Gasteiger partial charge in [0.05, 0.1) is 25.0 Å². The van der Waals surface area contributed by atoms with Crippen LogP contribution in [0.5, 0.6) is 0 Å². The Labute approximate surface area is 119 Å². The zero-order chi connectivity index (χ0) is 13.8. The van der Waals surface area contributed by atoms with Gasteiger partial charge in [-0.15, -0.1) is 11.6 Å². The lowest BCUT2D eigenvalue weighted by molar-refractivity contribution is -0.137. The molecule has 0 bridgehead atoms. The second-order valence-corrected chi connectivity index (χ2v) is 5.40. The summed E-state index contributed by atoms with van der Waals surface area (Å²) in [5.41, 5.74) is 3.47. The lowest BCUT2D eigenvalue weighted by Crippen LogP contribution is -2.46. The van der Waals surface area contributed by atoms with E-state index in [0.29, 0.717) is 32.0 Å². The van der Waals surface area contributed by atoms with E-state index in [9.17, 15) is 4.79 Å². The first-order chi connectivity index (χ1) is 9.10. The van der Waals surface area contributed by atoms with Crippen LogP contribution in [0.1, 0.15) is 16.7 Å². The predicted octanol–water partition coefficient (Wildman–Crippen LogP) is 2.31. The molecule has 0 aliphatic carbocycles. The average molecular weight is 282 g/mol. The summed E-state index contributed by atoms with van der Waals surface area (Å²) in [4.78, 5) is 14.2. The molecular formula is C15H20ClNO2. The first-order valence-corrected chi connectivity index (χ1v) is 7.15. The van der Waals surface area contributed by atoms with Gasteiger partial charge in [0.25, 0.3) is 0 Å². The Morgan fingerprint density at radius 3 is 3.00 bits per heavy atom. The van der Waals surface area contributed by atoms with Crippen molar-refractivity contribution < 1.29 is 9.53 Å². The first-order valence-electron chi connectivity index (χ1n) is 6.61. The second-order valence-electron chi connectivity index (χ2n) is 5.09. The quantitative estimate of drug-likeness (QED) is 0.796. The zero-order valence-corrected chi connectivity index (χ0v) is 12.2. The minimum Gasteiger partial charge on any atom is -0.373 e. The number of carbonyl (C=O) groups is 1. The van der Waals surface area contributed by atoms with Gasteiger partial charge in [-0.2, -0.15) is 0 Å². The molecule has 1 aromatic carbocycles. The number of morpholine rings is 1. The highest BCUT2D eigenvalue weighted by Crippen LogP contribution is 2.14. The van der Waals surface area contributed by atoms with Crippen LogP contribution in [-0.2, 0) is 16.0 Å². The molecule has 0 N–H and O–H groups in total. The fourth-order valence-electron chi connectivity index (χ4n) is 2.30. The van der Waals surface area contributed by atoms with Gasteiger partial charge in [-0.3, -0.25) is 4.79 Å². The van der Waals surface area contributed by atoms with Crippen LogP contribution in [0.3, 0.4) is 0 Å². The maximum Gasteiger partial charge on any atom is 0.227 e. The number of ether oxygens (including phenoxy) is 1. The van der Waals surface area contributed by atoms with E-state index in [1.54, 1.807) is 0 Å². The fourth-order valence-corrected chi connectivity index (χ4v) is 2.49. The van der Waals surface area contributed by atoms with Crippen molar-refractivity contribution in [2.75, 3.05) is 25.6 Å². The third-order valence-corrected chi connectivity index (χ3v) is 3.85. The number of nitrogens with zero attached hydrogens (tertiary/aromatic N) is 1. The van der Waals surface area contributed by atoms with Crippen molar-refractivity contribution >= 4 is 17.5 Å². The van der Waals surface area contributed by atoms with E-state index in [0.717, 1.165) is 5.56 Å². The van der Waals surface area contributed by atoms with Gasteiger partial charge in [0.2, 0.25) is 5.91 Å². The van der Waals surface area contributed by atoms with Crippen LogP contribution < -0.4 is 0 Å². The van der Waals surface area contributed by atoms with Gasteiger partial charge in [0.15, 0.2) is 0 Å². The minimum absolute atomic E-state index is 0.0297. The molecule has 0 aromatic heterocycles. The molecule has 1 heterocycles. The zero-order valence-electron chi connectivity index (χ0n) is 11.5. The molecule has 0 saturated carbocycles. The molecular weight excluding hydrogens is 262 g/mol. The van der Waals surface area contributed by atoms with Gasteiger partial charge >= 0.3 is 0 Å². The Kier molecular flexibility index (Phi) is 4.83. The third kappa shape index (κ3) is 3.71. The van der Waals surface area contributed by atoms with Crippen molar-refractivity contribution in [3.63, 3.8) is 0 Å². The number of amides is 1. The molecule has 1 aromatic rings. The van der Waals surface area contributed by atoms with Gasteiger partial charge in [-0.05, 0) is 25.0 Å². The monoisotopic (exact) mass is 281 g/mol. The Balaban J connectivity index is 2.02. The number of halogens is 1. The fraction of sp³-hybridized carbons (Fsp3) is 0.533. The van der Waals surface area contributed by atoms with E-state index in [-0.39, 0.29) is 12.0 Å². The van der Waals surface area contributed by atoms with Crippen LogP contribution in [0.15, 0.2) is 18.2 Å². The van der Waals surface area contributed by atoms with Crippen LogP contribution in [0.4, 0.5) is 0 Å². The van der Waals surface area contributed by atoms with Gasteiger partial charge in [0.1, 0.15) is 0 Å². The third-order valence-electron chi connectivity index (χ3n) is 3.51. The summed E-state index contributed by atoms with van der Waals surface area (Å²) < 4.78 is 5.47. The smallest absolute Gasteiger partial charge is 0.227 e. The number of carbonyl (C=O) groups excluding carboxylic acids is 1. The summed E-state index contributed by atoms with van der Waals surface area (Å²) in [6.45, 7) is 5.94. The van der Waals surface area contributed by atoms with Gasteiger partial charge in [0, 0.05) is 13.1 Å². The summed E-state index contributed by atoms with van der Waals surface area (Å²) in [6, 6.07) is 6.23.